The normalized spacial score (nSPS) is 17.9. The number of nitrogens with zero attached hydrogens (tertiary/aromatic N) is 1. The second-order valence-electron chi connectivity index (χ2n) is 5.12. The maximum absolute atomic E-state index is 11.6. The number of hydrogen-bond acceptors (Lipinski definition) is 6. The number of aliphatic carboxylic acids is 1. The van der Waals surface area contributed by atoms with Crippen molar-refractivity contribution in [1.29, 1.82) is 0 Å². The van der Waals surface area contributed by atoms with E-state index in [1.54, 1.807) is 13.8 Å². The van der Waals surface area contributed by atoms with Gasteiger partial charge in [0.15, 0.2) is 5.92 Å². The first-order valence-corrected chi connectivity index (χ1v) is 6.92. The van der Waals surface area contributed by atoms with Gasteiger partial charge in [0, 0.05) is 26.2 Å². The SMILES string of the molecule is CC(C)C(C(=O)O)C(=O)OCNCCN1CCOCC1. The minimum atomic E-state index is -1.14. The van der Waals surface area contributed by atoms with E-state index in [0.717, 1.165) is 32.8 Å². The summed E-state index contributed by atoms with van der Waals surface area (Å²) in [7, 11) is 0. The molecule has 1 heterocycles. The van der Waals surface area contributed by atoms with Gasteiger partial charge in [-0.05, 0) is 5.92 Å². The summed E-state index contributed by atoms with van der Waals surface area (Å²) in [5, 5.41) is 11.9. The zero-order chi connectivity index (χ0) is 15.0. The summed E-state index contributed by atoms with van der Waals surface area (Å²) in [6.45, 7) is 8.29. The molecule has 1 unspecified atom stereocenters. The number of carbonyl (C=O) groups is 2. The number of nitrogens with one attached hydrogen (secondary N) is 1. The number of ether oxygens (including phenoxy) is 2. The summed E-state index contributed by atoms with van der Waals surface area (Å²) in [5.41, 5.74) is 0. The molecule has 1 fully saturated rings. The number of hydrogen-bond donors (Lipinski definition) is 2. The Bertz CT molecular complexity index is 316. The molecule has 1 aliphatic rings. The van der Waals surface area contributed by atoms with Crippen LogP contribution in [0.15, 0.2) is 0 Å². The van der Waals surface area contributed by atoms with Crippen LogP contribution >= 0.6 is 0 Å². The number of carboxylic acid groups (broad SMARTS) is 1. The Morgan fingerprint density at radius 3 is 2.55 bits per heavy atom. The standard InChI is InChI=1S/C13H24N2O5/c1-10(2)11(12(16)17)13(18)20-9-14-3-4-15-5-7-19-8-6-15/h10-11,14H,3-9H2,1-2H3,(H,16,17). The van der Waals surface area contributed by atoms with E-state index in [2.05, 4.69) is 10.2 Å². The van der Waals surface area contributed by atoms with Crippen molar-refractivity contribution in [1.82, 2.24) is 10.2 Å². The highest BCUT2D eigenvalue weighted by Crippen LogP contribution is 2.12. The average Bonchev–Trinajstić information content (AvgIpc) is 2.38. The van der Waals surface area contributed by atoms with Crippen molar-refractivity contribution in [2.24, 2.45) is 11.8 Å². The highest BCUT2D eigenvalue weighted by Gasteiger charge is 2.30. The molecule has 0 saturated carbocycles. The van der Waals surface area contributed by atoms with Crippen LogP contribution in [-0.4, -0.2) is 68.1 Å². The van der Waals surface area contributed by atoms with Gasteiger partial charge in [0.25, 0.3) is 0 Å². The number of carbonyl (C=O) groups excluding carboxylic acids is 1. The van der Waals surface area contributed by atoms with Crippen molar-refractivity contribution in [2.45, 2.75) is 13.8 Å². The molecule has 7 nitrogen and oxygen atoms in total. The van der Waals surface area contributed by atoms with Crippen LogP contribution in [0, 0.1) is 11.8 Å². The Morgan fingerprint density at radius 1 is 1.35 bits per heavy atom. The number of morpholine rings is 1. The summed E-state index contributed by atoms with van der Waals surface area (Å²) < 4.78 is 10.2. The third kappa shape index (κ3) is 5.85. The number of carboxylic acids is 1. The van der Waals surface area contributed by atoms with E-state index in [-0.39, 0.29) is 12.6 Å². The number of rotatable bonds is 8. The lowest BCUT2D eigenvalue weighted by molar-refractivity contribution is -0.161. The first-order chi connectivity index (χ1) is 9.52. The van der Waals surface area contributed by atoms with Crippen LogP contribution in [0.25, 0.3) is 0 Å². The third-order valence-electron chi connectivity index (χ3n) is 3.21. The van der Waals surface area contributed by atoms with Gasteiger partial charge in [-0.2, -0.15) is 0 Å². The molecular weight excluding hydrogens is 264 g/mol. The molecule has 0 aromatic rings. The van der Waals surface area contributed by atoms with Gasteiger partial charge in [-0.15, -0.1) is 0 Å². The summed E-state index contributed by atoms with van der Waals surface area (Å²) in [4.78, 5) is 24.8. The van der Waals surface area contributed by atoms with Crippen molar-refractivity contribution >= 4 is 11.9 Å². The van der Waals surface area contributed by atoms with Crippen LogP contribution in [0.1, 0.15) is 13.8 Å². The smallest absolute Gasteiger partial charge is 0.321 e. The first-order valence-electron chi connectivity index (χ1n) is 6.92. The third-order valence-corrected chi connectivity index (χ3v) is 3.21. The second kappa shape index (κ2) is 8.89. The van der Waals surface area contributed by atoms with E-state index >= 15 is 0 Å². The van der Waals surface area contributed by atoms with E-state index < -0.39 is 17.9 Å². The van der Waals surface area contributed by atoms with Crippen LogP contribution in [0.5, 0.6) is 0 Å². The lowest BCUT2D eigenvalue weighted by Crippen LogP contribution is -2.41. The molecule has 0 aromatic carbocycles. The van der Waals surface area contributed by atoms with Gasteiger partial charge in [0.1, 0.15) is 6.73 Å². The summed E-state index contributed by atoms with van der Waals surface area (Å²) in [5.74, 6) is -3.21. The Hall–Kier alpha value is -1.18. The van der Waals surface area contributed by atoms with Gasteiger partial charge >= 0.3 is 11.9 Å². The van der Waals surface area contributed by atoms with Gasteiger partial charge in [-0.25, -0.2) is 0 Å². The quantitative estimate of drug-likeness (QED) is 0.276. The summed E-state index contributed by atoms with van der Waals surface area (Å²) >= 11 is 0. The zero-order valence-corrected chi connectivity index (χ0v) is 12.1. The molecule has 0 radical (unpaired) electrons. The fourth-order valence-electron chi connectivity index (χ4n) is 2.00. The van der Waals surface area contributed by atoms with Gasteiger partial charge in [0.05, 0.1) is 13.2 Å². The molecule has 0 aliphatic carbocycles. The molecular formula is C13H24N2O5. The fraction of sp³-hybridized carbons (Fsp3) is 0.846. The van der Waals surface area contributed by atoms with Crippen LogP contribution in [-0.2, 0) is 19.1 Å². The van der Waals surface area contributed by atoms with Gasteiger partial charge in [-0.3, -0.25) is 19.8 Å². The van der Waals surface area contributed by atoms with Crippen molar-refractivity contribution in [3.8, 4) is 0 Å². The zero-order valence-electron chi connectivity index (χ0n) is 12.1. The molecule has 0 bridgehead atoms. The maximum atomic E-state index is 11.6. The van der Waals surface area contributed by atoms with Crippen molar-refractivity contribution in [2.75, 3.05) is 46.1 Å². The van der Waals surface area contributed by atoms with Gasteiger partial charge < -0.3 is 14.6 Å². The van der Waals surface area contributed by atoms with Crippen LogP contribution < -0.4 is 5.32 Å². The van der Waals surface area contributed by atoms with Crippen molar-refractivity contribution in [3.63, 3.8) is 0 Å². The lowest BCUT2D eigenvalue weighted by Gasteiger charge is -2.26. The summed E-state index contributed by atoms with van der Waals surface area (Å²) in [6.07, 6.45) is 0. The Morgan fingerprint density at radius 2 is 2.00 bits per heavy atom. The fourth-order valence-corrected chi connectivity index (χ4v) is 2.00. The average molecular weight is 288 g/mol. The molecule has 2 N–H and O–H groups in total. The topological polar surface area (TPSA) is 88.1 Å². The predicted octanol–water partition coefficient (Wildman–Crippen LogP) is -0.234. The van der Waals surface area contributed by atoms with Crippen LogP contribution in [0.2, 0.25) is 0 Å². The van der Waals surface area contributed by atoms with E-state index in [1.165, 1.54) is 0 Å². The minimum absolute atomic E-state index is 0.0413. The monoisotopic (exact) mass is 288 g/mol. The first kappa shape index (κ1) is 16.9. The molecule has 1 rings (SSSR count). The predicted molar refractivity (Wildman–Crippen MR) is 72.2 cm³/mol. The number of esters is 1. The molecule has 1 saturated heterocycles. The highest BCUT2D eigenvalue weighted by molar-refractivity contribution is 5.94. The molecule has 1 aliphatic heterocycles. The minimum Gasteiger partial charge on any atom is -0.481 e. The molecule has 0 aromatic heterocycles. The van der Waals surface area contributed by atoms with Gasteiger partial charge in [0.2, 0.25) is 0 Å². The molecule has 0 spiro atoms. The Kier molecular flexibility index (Phi) is 7.50. The molecule has 1 atom stereocenters. The summed E-state index contributed by atoms with van der Waals surface area (Å²) in [6, 6.07) is 0. The van der Waals surface area contributed by atoms with Crippen LogP contribution in [0.4, 0.5) is 0 Å². The molecule has 20 heavy (non-hydrogen) atoms. The largest absolute Gasteiger partial charge is 0.481 e. The Labute approximate surface area is 119 Å². The van der Waals surface area contributed by atoms with Gasteiger partial charge in [-0.1, -0.05) is 13.8 Å². The van der Waals surface area contributed by atoms with E-state index in [4.69, 9.17) is 14.6 Å². The highest BCUT2D eigenvalue weighted by atomic mass is 16.5. The second-order valence-corrected chi connectivity index (χ2v) is 5.12. The maximum Gasteiger partial charge on any atom is 0.321 e. The van der Waals surface area contributed by atoms with Crippen molar-refractivity contribution < 1.29 is 24.2 Å². The van der Waals surface area contributed by atoms with Crippen LogP contribution in [0.3, 0.4) is 0 Å². The van der Waals surface area contributed by atoms with Crippen molar-refractivity contribution in [3.05, 3.63) is 0 Å². The molecule has 116 valence electrons. The van der Waals surface area contributed by atoms with E-state index in [9.17, 15) is 9.59 Å². The molecule has 7 heteroatoms. The van der Waals surface area contributed by atoms with E-state index in [0.29, 0.717) is 6.54 Å². The molecule has 0 amide bonds. The lowest BCUT2D eigenvalue weighted by atomic mass is 9.96. The van der Waals surface area contributed by atoms with E-state index in [1.807, 2.05) is 0 Å². The Balaban J connectivity index is 2.13.